The van der Waals surface area contributed by atoms with Crippen molar-refractivity contribution in [1.29, 1.82) is 0 Å². The van der Waals surface area contributed by atoms with Crippen LogP contribution in [0.5, 0.6) is 0 Å². The fourth-order valence-electron chi connectivity index (χ4n) is 3.35. The molecule has 0 bridgehead atoms. The Morgan fingerprint density at radius 1 is 1.13 bits per heavy atom. The Balaban J connectivity index is 1.42. The van der Waals surface area contributed by atoms with Crippen LogP contribution in [0.1, 0.15) is 28.7 Å². The van der Waals surface area contributed by atoms with E-state index in [1.54, 1.807) is 7.05 Å². The van der Waals surface area contributed by atoms with Crippen molar-refractivity contribution < 1.29 is 9.53 Å². The molecule has 1 aromatic carbocycles. The van der Waals surface area contributed by atoms with E-state index >= 15 is 0 Å². The minimum Gasteiger partial charge on any atom is -0.379 e. The standard InChI is InChI=1S/C23H33N5O2S/c1-3-20-7-8-21(31-20)17-26-23(24-2)25-16-18-5-4-6-19(15-18)27-22(29)9-10-28-11-13-30-14-12-28/h4-8,15H,3,9-14,16-17H2,1-2H3,(H,27,29)(H2,24,25,26). The van der Waals surface area contributed by atoms with Gasteiger partial charge in [0.1, 0.15) is 0 Å². The number of guanidine groups is 1. The lowest BCUT2D eigenvalue weighted by atomic mass is 10.2. The van der Waals surface area contributed by atoms with Gasteiger partial charge in [-0.05, 0) is 36.2 Å². The number of hydrogen-bond acceptors (Lipinski definition) is 5. The fraction of sp³-hybridized carbons (Fsp3) is 0.478. The third kappa shape index (κ3) is 7.97. The Morgan fingerprint density at radius 2 is 1.90 bits per heavy atom. The Labute approximate surface area is 188 Å². The van der Waals surface area contributed by atoms with Gasteiger partial charge in [-0.25, -0.2) is 0 Å². The van der Waals surface area contributed by atoms with Crippen molar-refractivity contribution in [3.8, 4) is 0 Å². The van der Waals surface area contributed by atoms with Crippen LogP contribution in [0.2, 0.25) is 0 Å². The van der Waals surface area contributed by atoms with Gasteiger partial charge in [0.05, 0.1) is 19.8 Å². The highest BCUT2D eigenvalue weighted by Crippen LogP contribution is 2.16. The highest BCUT2D eigenvalue weighted by Gasteiger charge is 2.12. The van der Waals surface area contributed by atoms with Gasteiger partial charge in [-0.1, -0.05) is 19.1 Å². The molecule has 2 aromatic rings. The molecular formula is C23H33N5O2S. The number of benzene rings is 1. The monoisotopic (exact) mass is 443 g/mol. The summed E-state index contributed by atoms with van der Waals surface area (Å²) in [6.45, 7) is 7.62. The Hall–Kier alpha value is -2.42. The lowest BCUT2D eigenvalue weighted by Gasteiger charge is -2.26. The third-order valence-electron chi connectivity index (χ3n) is 5.15. The Bertz CT molecular complexity index is 861. The number of nitrogens with one attached hydrogen (secondary N) is 3. The lowest BCUT2D eigenvalue weighted by molar-refractivity contribution is -0.116. The van der Waals surface area contributed by atoms with Crippen LogP contribution >= 0.6 is 11.3 Å². The summed E-state index contributed by atoms with van der Waals surface area (Å²) in [6.07, 6.45) is 1.55. The molecule has 1 fully saturated rings. The van der Waals surface area contributed by atoms with Crippen LogP contribution in [0.3, 0.4) is 0 Å². The molecule has 1 aliphatic rings. The number of aryl methyl sites for hydroxylation is 1. The molecule has 1 saturated heterocycles. The van der Waals surface area contributed by atoms with Crippen molar-refractivity contribution in [2.24, 2.45) is 4.99 Å². The number of ether oxygens (including phenoxy) is 1. The number of carbonyl (C=O) groups is 1. The third-order valence-corrected chi connectivity index (χ3v) is 6.38. The Kier molecular flexibility index (Phi) is 9.33. The summed E-state index contributed by atoms with van der Waals surface area (Å²) < 4.78 is 5.35. The van der Waals surface area contributed by atoms with Crippen LogP contribution in [-0.2, 0) is 29.0 Å². The highest BCUT2D eigenvalue weighted by atomic mass is 32.1. The van der Waals surface area contributed by atoms with E-state index in [2.05, 4.69) is 44.9 Å². The first-order valence-corrected chi connectivity index (χ1v) is 11.7. The van der Waals surface area contributed by atoms with E-state index in [9.17, 15) is 4.79 Å². The quantitative estimate of drug-likeness (QED) is 0.410. The van der Waals surface area contributed by atoms with Gasteiger partial charge >= 0.3 is 0 Å². The van der Waals surface area contributed by atoms with Gasteiger partial charge in [-0.3, -0.25) is 14.7 Å². The average molecular weight is 444 g/mol. The van der Waals surface area contributed by atoms with Crippen molar-refractivity contribution in [3.05, 3.63) is 51.7 Å². The molecule has 3 rings (SSSR count). The summed E-state index contributed by atoms with van der Waals surface area (Å²) in [7, 11) is 1.77. The smallest absolute Gasteiger partial charge is 0.225 e. The van der Waals surface area contributed by atoms with Gasteiger partial charge < -0.3 is 20.7 Å². The van der Waals surface area contributed by atoms with E-state index < -0.39 is 0 Å². The number of nitrogens with zero attached hydrogens (tertiary/aromatic N) is 2. The maximum atomic E-state index is 12.3. The SMILES string of the molecule is CCc1ccc(CNC(=NC)NCc2cccc(NC(=O)CCN3CCOCC3)c2)s1. The molecule has 0 atom stereocenters. The Morgan fingerprint density at radius 3 is 2.65 bits per heavy atom. The second kappa shape index (κ2) is 12.4. The molecule has 0 radical (unpaired) electrons. The highest BCUT2D eigenvalue weighted by molar-refractivity contribution is 7.11. The summed E-state index contributed by atoms with van der Waals surface area (Å²) >= 11 is 1.83. The normalized spacial score (nSPS) is 15.0. The molecule has 0 aliphatic carbocycles. The number of aliphatic imine (C=N–C) groups is 1. The molecule has 1 amide bonds. The number of anilines is 1. The van der Waals surface area contributed by atoms with Gasteiger partial charge in [0.15, 0.2) is 5.96 Å². The topological polar surface area (TPSA) is 78.0 Å². The van der Waals surface area contributed by atoms with E-state index in [0.717, 1.165) is 63.0 Å². The molecule has 8 heteroatoms. The predicted octanol–water partition coefficient (Wildman–Crippen LogP) is 2.84. The van der Waals surface area contributed by atoms with Gasteiger partial charge in [0.25, 0.3) is 0 Å². The second-order valence-corrected chi connectivity index (χ2v) is 8.71. The zero-order chi connectivity index (χ0) is 21.9. The van der Waals surface area contributed by atoms with Crippen LogP contribution in [0, 0.1) is 0 Å². The molecule has 1 aliphatic heterocycles. The average Bonchev–Trinajstić information content (AvgIpc) is 3.27. The lowest BCUT2D eigenvalue weighted by Crippen LogP contribution is -2.38. The van der Waals surface area contributed by atoms with E-state index in [0.29, 0.717) is 13.0 Å². The molecule has 0 unspecified atom stereocenters. The summed E-state index contributed by atoms with van der Waals surface area (Å²) in [5.41, 5.74) is 1.90. The largest absolute Gasteiger partial charge is 0.379 e. The summed E-state index contributed by atoms with van der Waals surface area (Å²) in [5.74, 6) is 0.794. The number of amides is 1. The molecule has 0 spiro atoms. The number of rotatable bonds is 9. The zero-order valence-electron chi connectivity index (χ0n) is 18.4. The van der Waals surface area contributed by atoms with Gasteiger partial charge in [-0.2, -0.15) is 0 Å². The van der Waals surface area contributed by atoms with Crippen LogP contribution in [0.25, 0.3) is 0 Å². The van der Waals surface area contributed by atoms with E-state index in [1.165, 1.54) is 9.75 Å². The van der Waals surface area contributed by atoms with E-state index in [1.807, 2.05) is 35.6 Å². The molecule has 0 saturated carbocycles. The van der Waals surface area contributed by atoms with Crippen LogP contribution in [0.15, 0.2) is 41.4 Å². The van der Waals surface area contributed by atoms with Crippen molar-refractivity contribution >= 4 is 28.9 Å². The molecule has 1 aromatic heterocycles. The maximum absolute atomic E-state index is 12.3. The van der Waals surface area contributed by atoms with Crippen molar-refractivity contribution in [2.75, 3.05) is 45.2 Å². The fourth-order valence-corrected chi connectivity index (χ4v) is 4.25. The van der Waals surface area contributed by atoms with E-state index in [-0.39, 0.29) is 5.91 Å². The number of carbonyl (C=O) groups excluding carboxylic acids is 1. The van der Waals surface area contributed by atoms with Crippen LogP contribution in [-0.4, -0.2) is 56.7 Å². The molecule has 31 heavy (non-hydrogen) atoms. The number of thiophene rings is 1. The summed E-state index contributed by atoms with van der Waals surface area (Å²) in [4.78, 5) is 21.6. The van der Waals surface area contributed by atoms with Gasteiger partial charge in [0, 0.05) is 55.1 Å². The van der Waals surface area contributed by atoms with Gasteiger partial charge in [-0.15, -0.1) is 11.3 Å². The van der Waals surface area contributed by atoms with Crippen LogP contribution in [0.4, 0.5) is 5.69 Å². The molecule has 3 N–H and O–H groups in total. The molecule has 7 nitrogen and oxygen atoms in total. The first-order chi connectivity index (χ1) is 15.2. The zero-order valence-corrected chi connectivity index (χ0v) is 19.3. The summed E-state index contributed by atoms with van der Waals surface area (Å²) in [5, 5.41) is 9.70. The number of morpholine rings is 1. The van der Waals surface area contributed by atoms with Crippen molar-refractivity contribution in [2.45, 2.75) is 32.9 Å². The summed E-state index contributed by atoms with van der Waals surface area (Å²) in [6, 6.07) is 12.3. The minimum absolute atomic E-state index is 0.0384. The predicted molar refractivity (Wildman–Crippen MR) is 128 cm³/mol. The first-order valence-electron chi connectivity index (χ1n) is 10.9. The minimum atomic E-state index is 0.0384. The molecule has 2 heterocycles. The van der Waals surface area contributed by atoms with Crippen molar-refractivity contribution in [3.63, 3.8) is 0 Å². The van der Waals surface area contributed by atoms with Gasteiger partial charge in [0.2, 0.25) is 5.91 Å². The van der Waals surface area contributed by atoms with E-state index in [4.69, 9.17) is 4.74 Å². The maximum Gasteiger partial charge on any atom is 0.225 e. The first kappa shape index (κ1) is 23.2. The molecular weight excluding hydrogens is 410 g/mol. The number of hydrogen-bond donors (Lipinski definition) is 3. The van der Waals surface area contributed by atoms with Crippen LogP contribution < -0.4 is 16.0 Å². The molecule has 168 valence electrons. The second-order valence-electron chi connectivity index (χ2n) is 7.45. The van der Waals surface area contributed by atoms with Crippen molar-refractivity contribution in [1.82, 2.24) is 15.5 Å².